The molecule has 1 aromatic carbocycles. The van der Waals surface area contributed by atoms with Gasteiger partial charge in [0, 0.05) is 17.4 Å². The zero-order valence-corrected chi connectivity index (χ0v) is 13.8. The number of amides is 2. The lowest BCUT2D eigenvalue weighted by atomic mass is 10.2. The van der Waals surface area contributed by atoms with Crippen LogP contribution in [0.1, 0.15) is 27.8 Å². The number of aromatic nitrogens is 1. The molecule has 9 heteroatoms. The fourth-order valence-corrected chi connectivity index (χ4v) is 1.89. The lowest BCUT2D eigenvalue weighted by molar-refractivity contribution is -0.126. The quantitative estimate of drug-likeness (QED) is 0.507. The number of ketones is 1. The second-order valence-corrected chi connectivity index (χ2v) is 5.27. The van der Waals surface area contributed by atoms with E-state index in [9.17, 15) is 23.6 Å². The largest absolute Gasteiger partial charge is 0.451 e. The maximum Gasteiger partial charge on any atom is 0.355 e. The van der Waals surface area contributed by atoms with Crippen LogP contribution in [0.4, 0.5) is 10.1 Å². The Morgan fingerprint density at radius 2 is 1.81 bits per heavy atom. The molecule has 2 aromatic rings. The second-order valence-electron chi connectivity index (χ2n) is 5.27. The number of halogens is 1. The zero-order valence-electron chi connectivity index (χ0n) is 13.8. The van der Waals surface area contributed by atoms with Gasteiger partial charge in [0.05, 0.1) is 6.54 Å². The van der Waals surface area contributed by atoms with E-state index >= 15 is 0 Å². The molecule has 1 aromatic heterocycles. The number of Topliss-reactive ketones (excluding diaryl/α,β-unsaturated/α-hetero) is 1. The van der Waals surface area contributed by atoms with Gasteiger partial charge in [0.1, 0.15) is 11.5 Å². The predicted octanol–water partition coefficient (Wildman–Crippen LogP) is 1.27. The Kier molecular flexibility index (Phi) is 6.20. The van der Waals surface area contributed by atoms with Gasteiger partial charge in [0.15, 0.2) is 12.4 Å². The standard InChI is InChI=1S/C17H16FN3O5/c1-10(22)11-6-14(19-7-11)17(25)26-9-16(24)20-8-15(23)21-13-4-2-12(18)3-5-13/h2-7,19H,8-9H2,1H3,(H,20,24)(H,21,23). The van der Waals surface area contributed by atoms with Crippen LogP contribution in [0, 0.1) is 5.82 Å². The first kappa shape index (κ1) is 18.8. The zero-order chi connectivity index (χ0) is 19.1. The van der Waals surface area contributed by atoms with Gasteiger partial charge in [-0.05, 0) is 37.3 Å². The van der Waals surface area contributed by atoms with E-state index in [2.05, 4.69) is 15.6 Å². The summed E-state index contributed by atoms with van der Waals surface area (Å²) in [6.07, 6.45) is 1.36. The van der Waals surface area contributed by atoms with Gasteiger partial charge < -0.3 is 20.4 Å². The third-order valence-electron chi connectivity index (χ3n) is 3.22. The molecule has 0 aliphatic rings. The number of esters is 1. The minimum atomic E-state index is -0.802. The van der Waals surface area contributed by atoms with Crippen molar-refractivity contribution < 1.29 is 28.3 Å². The maximum absolute atomic E-state index is 12.8. The van der Waals surface area contributed by atoms with Crippen molar-refractivity contribution in [2.45, 2.75) is 6.92 Å². The number of nitrogens with one attached hydrogen (secondary N) is 3. The highest BCUT2D eigenvalue weighted by atomic mass is 19.1. The molecule has 0 saturated carbocycles. The molecular weight excluding hydrogens is 345 g/mol. The van der Waals surface area contributed by atoms with E-state index in [0.29, 0.717) is 11.3 Å². The molecule has 0 aliphatic heterocycles. The summed E-state index contributed by atoms with van der Waals surface area (Å²) in [5.74, 6) is -2.65. The highest BCUT2D eigenvalue weighted by molar-refractivity contribution is 5.98. The van der Waals surface area contributed by atoms with Crippen LogP contribution in [0.5, 0.6) is 0 Å². The molecule has 0 unspecified atom stereocenters. The Balaban J connectivity index is 1.72. The molecule has 0 radical (unpaired) electrons. The lowest BCUT2D eigenvalue weighted by Gasteiger charge is -2.07. The van der Waals surface area contributed by atoms with Crippen LogP contribution in [0.25, 0.3) is 0 Å². The molecule has 26 heavy (non-hydrogen) atoms. The molecule has 8 nitrogen and oxygen atoms in total. The first-order valence-electron chi connectivity index (χ1n) is 7.54. The van der Waals surface area contributed by atoms with Crippen molar-refractivity contribution in [2.24, 2.45) is 0 Å². The fraction of sp³-hybridized carbons (Fsp3) is 0.176. The van der Waals surface area contributed by atoms with Gasteiger partial charge in [-0.3, -0.25) is 14.4 Å². The molecule has 136 valence electrons. The third kappa shape index (κ3) is 5.55. The number of rotatable bonds is 7. The van der Waals surface area contributed by atoms with Gasteiger partial charge >= 0.3 is 5.97 Å². The molecule has 1 heterocycles. The third-order valence-corrected chi connectivity index (χ3v) is 3.22. The Morgan fingerprint density at radius 3 is 2.42 bits per heavy atom. The van der Waals surface area contributed by atoms with Gasteiger partial charge in [0.2, 0.25) is 5.91 Å². The van der Waals surface area contributed by atoms with Crippen LogP contribution in [0.2, 0.25) is 0 Å². The molecule has 0 fully saturated rings. The number of hydrogen-bond acceptors (Lipinski definition) is 5. The summed E-state index contributed by atoms with van der Waals surface area (Å²) >= 11 is 0. The Morgan fingerprint density at radius 1 is 1.12 bits per heavy atom. The Hall–Kier alpha value is -3.49. The number of anilines is 1. The average molecular weight is 361 g/mol. The monoisotopic (exact) mass is 361 g/mol. The number of carbonyl (C=O) groups excluding carboxylic acids is 4. The maximum atomic E-state index is 12.8. The van der Waals surface area contributed by atoms with Crippen LogP contribution in [0.3, 0.4) is 0 Å². The summed E-state index contributed by atoms with van der Waals surface area (Å²) in [6, 6.07) is 6.45. The number of hydrogen-bond donors (Lipinski definition) is 3. The summed E-state index contributed by atoms with van der Waals surface area (Å²) in [4.78, 5) is 48.7. The van der Waals surface area contributed by atoms with Crippen LogP contribution < -0.4 is 10.6 Å². The molecular formula is C17H16FN3O5. The van der Waals surface area contributed by atoms with E-state index in [1.54, 1.807) is 0 Å². The molecule has 3 N–H and O–H groups in total. The van der Waals surface area contributed by atoms with Crippen LogP contribution >= 0.6 is 0 Å². The van der Waals surface area contributed by atoms with Gasteiger partial charge in [-0.1, -0.05) is 0 Å². The molecule has 0 spiro atoms. The van der Waals surface area contributed by atoms with Crippen LogP contribution in [-0.4, -0.2) is 41.7 Å². The summed E-state index contributed by atoms with van der Waals surface area (Å²) < 4.78 is 17.5. The van der Waals surface area contributed by atoms with Gasteiger partial charge in [0.25, 0.3) is 5.91 Å². The summed E-state index contributed by atoms with van der Waals surface area (Å²) in [6.45, 7) is 0.421. The molecule has 0 bridgehead atoms. The summed E-state index contributed by atoms with van der Waals surface area (Å²) in [5, 5.41) is 4.74. The lowest BCUT2D eigenvalue weighted by Crippen LogP contribution is -2.35. The molecule has 0 saturated heterocycles. The topological polar surface area (TPSA) is 117 Å². The first-order chi connectivity index (χ1) is 12.3. The highest BCUT2D eigenvalue weighted by Gasteiger charge is 2.14. The van der Waals surface area contributed by atoms with Gasteiger partial charge in [-0.15, -0.1) is 0 Å². The van der Waals surface area contributed by atoms with Crippen LogP contribution in [0.15, 0.2) is 36.5 Å². The van der Waals surface area contributed by atoms with E-state index in [0.717, 1.165) is 0 Å². The van der Waals surface area contributed by atoms with Crippen molar-refractivity contribution in [1.29, 1.82) is 0 Å². The van der Waals surface area contributed by atoms with Gasteiger partial charge in [-0.25, -0.2) is 9.18 Å². The number of aromatic amines is 1. The number of benzene rings is 1. The van der Waals surface area contributed by atoms with Crippen molar-refractivity contribution in [2.75, 3.05) is 18.5 Å². The van der Waals surface area contributed by atoms with E-state index in [1.165, 1.54) is 43.5 Å². The van der Waals surface area contributed by atoms with Crippen molar-refractivity contribution in [3.8, 4) is 0 Å². The number of ether oxygens (including phenoxy) is 1. The Labute approximate surface area is 147 Å². The molecule has 0 aliphatic carbocycles. The second kappa shape index (κ2) is 8.56. The van der Waals surface area contributed by atoms with Gasteiger partial charge in [-0.2, -0.15) is 0 Å². The minimum Gasteiger partial charge on any atom is -0.451 e. The van der Waals surface area contributed by atoms with E-state index < -0.39 is 30.2 Å². The van der Waals surface area contributed by atoms with Crippen LogP contribution in [-0.2, 0) is 14.3 Å². The Bertz CT molecular complexity index is 829. The van der Waals surface area contributed by atoms with E-state index in [-0.39, 0.29) is 18.0 Å². The molecule has 0 atom stereocenters. The van der Waals surface area contributed by atoms with Crippen molar-refractivity contribution in [3.63, 3.8) is 0 Å². The average Bonchev–Trinajstić information content (AvgIpc) is 3.10. The molecule has 2 rings (SSSR count). The SMILES string of the molecule is CC(=O)c1c[nH]c(C(=O)OCC(=O)NCC(=O)Nc2ccc(F)cc2)c1. The first-order valence-corrected chi connectivity index (χ1v) is 7.54. The van der Waals surface area contributed by atoms with Crippen molar-refractivity contribution >= 4 is 29.3 Å². The fourth-order valence-electron chi connectivity index (χ4n) is 1.89. The smallest absolute Gasteiger partial charge is 0.355 e. The molecule has 2 amide bonds. The van der Waals surface area contributed by atoms with E-state index in [4.69, 9.17) is 4.74 Å². The van der Waals surface area contributed by atoms with Crippen molar-refractivity contribution in [1.82, 2.24) is 10.3 Å². The number of carbonyl (C=O) groups is 4. The highest BCUT2D eigenvalue weighted by Crippen LogP contribution is 2.08. The minimum absolute atomic E-state index is 0.0389. The van der Waals surface area contributed by atoms with E-state index in [1.807, 2.05) is 0 Å². The normalized spacial score (nSPS) is 10.1. The summed E-state index contributed by atoms with van der Waals surface area (Å²) in [7, 11) is 0. The number of H-pyrrole nitrogens is 1. The van der Waals surface area contributed by atoms with Crippen molar-refractivity contribution in [3.05, 3.63) is 53.6 Å². The summed E-state index contributed by atoms with van der Waals surface area (Å²) in [5.41, 5.74) is 0.737. The predicted molar refractivity (Wildman–Crippen MR) is 89.1 cm³/mol.